The monoisotopic (exact) mass is 317 g/mol. The van der Waals surface area contributed by atoms with E-state index in [9.17, 15) is 4.79 Å². The average molecular weight is 317 g/mol. The first kappa shape index (κ1) is 15.8. The molecule has 124 valence electrons. The SMILES string of the molecule is CC(C)N(Cc1ccco1)C(=O)c1n[nH]c2c1C[C@H](C)O[C@@H]2C. The predicted octanol–water partition coefficient (Wildman–Crippen LogP) is 3.08. The third-order valence-electron chi connectivity index (χ3n) is 4.23. The Kier molecular flexibility index (Phi) is 4.26. The Labute approximate surface area is 135 Å². The number of carbonyl (C=O) groups excluding carboxylic acids is 1. The second-order valence-corrected chi connectivity index (χ2v) is 6.36. The number of carbonyl (C=O) groups is 1. The van der Waals surface area contributed by atoms with Crippen LogP contribution in [-0.2, 0) is 17.7 Å². The average Bonchev–Trinajstić information content (AvgIpc) is 3.12. The van der Waals surface area contributed by atoms with Crippen molar-refractivity contribution in [2.75, 3.05) is 0 Å². The molecular formula is C17H23N3O3. The van der Waals surface area contributed by atoms with Gasteiger partial charge in [0.1, 0.15) is 5.76 Å². The zero-order chi connectivity index (χ0) is 16.6. The van der Waals surface area contributed by atoms with Gasteiger partial charge < -0.3 is 14.1 Å². The number of nitrogens with one attached hydrogen (secondary N) is 1. The Morgan fingerprint density at radius 3 is 2.91 bits per heavy atom. The molecule has 3 rings (SSSR count). The summed E-state index contributed by atoms with van der Waals surface area (Å²) in [5, 5.41) is 7.27. The highest BCUT2D eigenvalue weighted by atomic mass is 16.5. The van der Waals surface area contributed by atoms with Gasteiger partial charge in [-0.25, -0.2) is 0 Å². The largest absolute Gasteiger partial charge is 0.467 e. The summed E-state index contributed by atoms with van der Waals surface area (Å²) in [7, 11) is 0. The van der Waals surface area contributed by atoms with Gasteiger partial charge in [-0.2, -0.15) is 5.10 Å². The number of H-pyrrole nitrogens is 1. The molecule has 6 heteroatoms. The van der Waals surface area contributed by atoms with Gasteiger partial charge in [-0.05, 0) is 39.8 Å². The fraction of sp³-hybridized carbons (Fsp3) is 0.529. The van der Waals surface area contributed by atoms with Gasteiger partial charge in [-0.3, -0.25) is 9.89 Å². The van der Waals surface area contributed by atoms with Crippen molar-refractivity contribution in [3.63, 3.8) is 0 Å². The lowest BCUT2D eigenvalue weighted by atomic mass is 9.99. The summed E-state index contributed by atoms with van der Waals surface area (Å²) in [6.07, 6.45) is 2.33. The molecule has 0 bridgehead atoms. The number of rotatable bonds is 4. The van der Waals surface area contributed by atoms with Gasteiger partial charge in [0.2, 0.25) is 0 Å². The van der Waals surface area contributed by atoms with E-state index in [2.05, 4.69) is 10.2 Å². The number of ether oxygens (including phenoxy) is 1. The number of hydrogen-bond donors (Lipinski definition) is 1. The molecule has 0 spiro atoms. The van der Waals surface area contributed by atoms with E-state index in [0.29, 0.717) is 18.7 Å². The van der Waals surface area contributed by atoms with Gasteiger partial charge in [-0.1, -0.05) is 0 Å². The predicted molar refractivity (Wildman–Crippen MR) is 85.0 cm³/mol. The van der Waals surface area contributed by atoms with Gasteiger partial charge in [0, 0.05) is 18.0 Å². The highest BCUT2D eigenvalue weighted by molar-refractivity contribution is 5.94. The van der Waals surface area contributed by atoms with Crippen molar-refractivity contribution >= 4 is 5.91 Å². The van der Waals surface area contributed by atoms with Gasteiger partial charge in [0.15, 0.2) is 5.69 Å². The quantitative estimate of drug-likeness (QED) is 0.940. The standard InChI is InChI=1S/C17H23N3O3/c1-10(2)20(9-13-6-5-7-22-13)17(21)16-14-8-11(3)23-12(4)15(14)18-19-16/h5-7,10-12H,8-9H2,1-4H3,(H,18,19)/t11-,12+/m0/s1. The molecule has 2 aromatic heterocycles. The fourth-order valence-electron chi connectivity index (χ4n) is 3.05. The molecular weight excluding hydrogens is 294 g/mol. The molecule has 0 saturated heterocycles. The molecule has 0 aliphatic carbocycles. The minimum atomic E-state index is -0.0739. The van der Waals surface area contributed by atoms with Crippen molar-refractivity contribution in [1.82, 2.24) is 15.1 Å². The van der Waals surface area contributed by atoms with Crippen molar-refractivity contribution in [3.05, 3.63) is 41.1 Å². The van der Waals surface area contributed by atoms with Gasteiger partial charge in [-0.15, -0.1) is 0 Å². The molecule has 1 N–H and O–H groups in total. The highest BCUT2D eigenvalue weighted by Crippen LogP contribution is 2.31. The molecule has 0 radical (unpaired) electrons. The van der Waals surface area contributed by atoms with Crippen LogP contribution in [0.15, 0.2) is 22.8 Å². The van der Waals surface area contributed by atoms with E-state index in [1.54, 1.807) is 11.2 Å². The lowest BCUT2D eigenvalue weighted by Crippen LogP contribution is -2.37. The second-order valence-electron chi connectivity index (χ2n) is 6.36. The molecule has 2 aromatic rings. The first-order valence-electron chi connectivity index (χ1n) is 8.03. The van der Waals surface area contributed by atoms with Crippen molar-refractivity contribution < 1.29 is 13.9 Å². The summed E-state index contributed by atoms with van der Waals surface area (Å²) in [6, 6.07) is 3.76. The molecule has 1 aliphatic heterocycles. The third-order valence-corrected chi connectivity index (χ3v) is 4.23. The van der Waals surface area contributed by atoms with Crippen molar-refractivity contribution in [2.45, 2.75) is 58.9 Å². The molecule has 6 nitrogen and oxygen atoms in total. The van der Waals surface area contributed by atoms with E-state index < -0.39 is 0 Å². The molecule has 2 atom stereocenters. The normalized spacial score (nSPS) is 20.6. The zero-order valence-corrected chi connectivity index (χ0v) is 14.0. The number of fused-ring (bicyclic) bond motifs is 1. The van der Waals surface area contributed by atoms with Gasteiger partial charge >= 0.3 is 0 Å². The molecule has 23 heavy (non-hydrogen) atoms. The van der Waals surface area contributed by atoms with Crippen LogP contribution in [0.5, 0.6) is 0 Å². The first-order valence-corrected chi connectivity index (χ1v) is 8.03. The highest BCUT2D eigenvalue weighted by Gasteiger charge is 2.32. The van der Waals surface area contributed by atoms with Crippen LogP contribution in [-0.4, -0.2) is 33.2 Å². The fourth-order valence-corrected chi connectivity index (χ4v) is 3.05. The Bertz CT molecular complexity index is 675. The van der Waals surface area contributed by atoms with E-state index in [-0.39, 0.29) is 24.2 Å². The molecule has 0 unspecified atom stereocenters. The zero-order valence-electron chi connectivity index (χ0n) is 14.0. The maximum Gasteiger partial charge on any atom is 0.275 e. The van der Waals surface area contributed by atoms with Crippen LogP contribution in [0.1, 0.15) is 61.3 Å². The van der Waals surface area contributed by atoms with Crippen LogP contribution in [0.2, 0.25) is 0 Å². The number of amides is 1. The van der Waals surface area contributed by atoms with Crippen LogP contribution in [0.4, 0.5) is 0 Å². The number of furan rings is 1. The van der Waals surface area contributed by atoms with Crippen LogP contribution >= 0.6 is 0 Å². The first-order chi connectivity index (χ1) is 11.0. The Balaban J connectivity index is 1.89. The topological polar surface area (TPSA) is 71.4 Å². The van der Waals surface area contributed by atoms with Crippen molar-refractivity contribution in [1.29, 1.82) is 0 Å². The van der Waals surface area contributed by atoms with E-state index in [1.807, 2.05) is 39.8 Å². The Morgan fingerprint density at radius 1 is 1.48 bits per heavy atom. The van der Waals surface area contributed by atoms with Gasteiger partial charge in [0.05, 0.1) is 30.7 Å². The van der Waals surface area contributed by atoms with E-state index >= 15 is 0 Å². The number of hydrogen-bond acceptors (Lipinski definition) is 4. The van der Waals surface area contributed by atoms with Crippen molar-refractivity contribution in [3.8, 4) is 0 Å². The molecule has 0 aromatic carbocycles. The smallest absolute Gasteiger partial charge is 0.275 e. The van der Waals surface area contributed by atoms with Crippen LogP contribution < -0.4 is 0 Å². The lowest BCUT2D eigenvalue weighted by Gasteiger charge is -2.28. The van der Waals surface area contributed by atoms with Crippen LogP contribution in [0.25, 0.3) is 0 Å². The molecule has 1 aliphatic rings. The summed E-state index contributed by atoms with van der Waals surface area (Å²) in [5.41, 5.74) is 2.39. The van der Waals surface area contributed by atoms with E-state index in [4.69, 9.17) is 9.15 Å². The van der Waals surface area contributed by atoms with E-state index in [1.165, 1.54) is 0 Å². The van der Waals surface area contributed by atoms with Crippen LogP contribution in [0, 0.1) is 0 Å². The number of aromatic nitrogens is 2. The van der Waals surface area contributed by atoms with E-state index in [0.717, 1.165) is 17.0 Å². The third kappa shape index (κ3) is 3.03. The summed E-state index contributed by atoms with van der Waals surface area (Å²) in [5.74, 6) is 0.691. The van der Waals surface area contributed by atoms with Gasteiger partial charge in [0.25, 0.3) is 5.91 Å². The Morgan fingerprint density at radius 2 is 2.26 bits per heavy atom. The van der Waals surface area contributed by atoms with Crippen LogP contribution in [0.3, 0.4) is 0 Å². The second kappa shape index (κ2) is 6.20. The maximum atomic E-state index is 13.0. The molecule has 1 amide bonds. The number of aromatic amines is 1. The lowest BCUT2D eigenvalue weighted by molar-refractivity contribution is -0.00704. The summed E-state index contributed by atoms with van der Waals surface area (Å²) in [4.78, 5) is 14.8. The summed E-state index contributed by atoms with van der Waals surface area (Å²) >= 11 is 0. The van der Waals surface area contributed by atoms with Crippen molar-refractivity contribution in [2.24, 2.45) is 0 Å². The summed E-state index contributed by atoms with van der Waals surface area (Å²) < 4.78 is 11.2. The molecule has 0 saturated carbocycles. The summed E-state index contributed by atoms with van der Waals surface area (Å²) in [6.45, 7) is 8.42. The minimum absolute atomic E-state index is 0.0506. The Hall–Kier alpha value is -2.08. The molecule has 0 fully saturated rings. The molecule has 3 heterocycles. The number of nitrogens with zero attached hydrogens (tertiary/aromatic N) is 2. The maximum absolute atomic E-state index is 13.0. The minimum Gasteiger partial charge on any atom is -0.467 e.